The third-order valence-electron chi connectivity index (χ3n) is 3.63. The Bertz CT molecular complexity index is 320. The Kier molecular flexibility index (Phi) is 2.07. The number of ether oxygens (including phenoxy) is 1. The summed E-state index contributed by atoms with van der Waals surface area (Å²) in [6.07, 6.45) is 2.67. The van der Waals surface area contributed by atoms with Crippen LogP contribution in [0.3, 0.4) is 0 Å². The van der Waals surface area contributed by atoms with Gasteiger partial charge in [0.25, 0.3) is 0 Å². The van der Waals surface area contributed by atoms with Crippen LogP contribution in [0.5, 0.6) is 0 Å². The van der Waals surface area contributed by atoms with Crippen molar-refractivity contribution < 1.29 is 14.3 Å². The van der Waals surface area contributed by atoms with Crippen LogP contribution in [0.1, 0.15) is 26.2 Å². The van der Waals surface area contributed by atoms with E-state index in [4.69, 9.17) is 4.74 Å². The van der Waals surface area contributed by atoms with Gasteiger partial charge in [0.1, 0.15) is 0 Å². The summed E-state index contributed by atoms with van der Waals surface area (Å²) in [5.41, 5.74) is -0.854. The number of rotatable bonds is 3. The zero-order valence-electron chi connectivity index (χ0n) is 9.50. The van der Waals surface area contributed by atoms with Crippen LogP contribution in [0, 0.1) is 10.8 Å². The highest BCUT2D eigenvalue weighted by Crippen LogP contribution is 2.79. The van der Waals surface area contributed by atoms with Crippen LogP contribution in [0.25, 0.3) is 0 Å². The van der Waals surface area contributed by atoms with Crippen molar-refractivity contribution >= 4 is 11.9 Å². The quantitative estimate of drug-likeness (QED) is 0.512. The van der Waals surface area contributed by atoms with Crippen molar-refractivity contribution in [2.75, 3.05) is 20.7 Å². The van der Waals surface area contributed by atoms with Crippen molar-refractivity contribution in [2.45, 2.75) is 26.2 Å². The third kappa shape index (κ3) is 1.20. The summed E-state index contributed by atoms with van der Waals surface area (Å²) in [5.74, 6) is -0.403. The Morgan fingerprint density at radius 2 is 1.93 bits per heavy atom. The molecule has 0 aromatic heterocycles. The van der Waals surface area contributed by atoms with E-state index in [1.807, 2.05) is 0 Å². The van der Waals surface area contributed by atoms with Crippen LogP contribution in [0.2, 0.25) is 0 Å². The molecule has 2 saturated carbocycles. The molecule has 0 aliphatic heterocycles. The zero-order chi connectivity index (χ0) is 11.3. The lowest BCUT2D eigenvalue weighted by molar-refractivity contribution is -0.158. The van der Waals surface area contributed by atoms with Gasteiger partial charge < -0.3 is 9.64 Å². The van der Waals surface area contributed by atoms with Gasteiger partial charge in [-0.25, -0.2) is 0 Å². The van der Waals surface area contributed by atoms with Gasteiger partial charge in [-0.3, -0.25) is 9.59 Å². The second kappa shape index (κ2) is 2.97. The maximum absolute atomic E-state index is 12.0. The maximum atomic E-state index is 12.0. The lowest BCUT2D eigenvalue weighted by Gasteiger charge is -2.19. The molecule has 0 heterocycles. The summed E-state index contributed by atoms with van der Waals surface area (Å²) in [4.78, 5) is 25.4. The number of hydrogen-bond donors (Lipinski definition) is 0. The van der Waals surface area contributed by atoms with E-state index < -0.39 is 5.41 Å². The van der Waals surface area contributed by atoms with Crippen molar-refractivity contribution in [2.24, 2.45) is 10.8 Å². The molecule has 2 rings (SSSR count). The molecule has 1 spiro atoms. The lowest BCUT2D eigenvalue weighted by atomic mass is 10.0. The predicted octanol–water partition coefficient (Wildman–Crippen LogP) is 0.808. The lowest BCUT2D eigenvalue weighted by Crippen LogP contribution is -2.39. The van der Waals surface area contributed by atoms with E-state index in [1.54, 1.807) is 21.0 Å². The first-order valence-electron chi connectivity index (χ1n) is 5.39. The average molecular weight is 211 g/mol. The van der Waals surface area contributed by atoms with Crippen molar-refractivity contribution in [3.8, 4) is 0 Å². The van der Waals surface area contributed by atoms with Gasteiger partial charge in [-0.05, 0) is 31.6 Å². The van der Waals surface area contributed by atoms with Crippen LogP contribution in [0.15, 0.2) is 0 Å². The normalized spacial score (nSPS) is 29.8. The van der Waals surface area contributed by atoms with Gasteiger partial charge in [0.2, 0.25) is 5.91 Å². The van der Waals surface area contributed by atoms with E-state index in [-0.39, 0.29) is 17.3 Å². The fourth-order valence-corrected chi connectivity index (χ4v) is 2.53. The number of nitrogens with zero attached hydrogens (tertiary/aromatic N) is 1. The second-order valence-corrected chi connectivity index (χ2v) is 4.78. The third-order valence-corrected chi connectivity index (χ3v) is 3.63. The van der Waals surface area contributed by atoms with Gasteiger partial charge in [0.05, 0.1) is 6.61 Å². The van der Waals surface area contributed by atoms with E-state index in [1.165, 1.54) is 4.90 Å². The molecular formula is C11H17NO3. The first-order valence-corrected chi connectivity index (χ1v) is 5.39. The molecule has 0 bridgehead atoms. The largest absolute Gasteiger partial charge is 0.465 e. The van der Waals surface area contributed by atoms with E-state index in [2.05, 4.69) is 0 Å². The van der Waals surface area contributed by atoms with E-state index in [0.717, 1.165) is 12.8 Å². The fraction of sp³-hybridized carbons (Fsp3) is 0.818. The van der Waals surface area contributed by atoms with Crippen molar-refractivity contribution in [3.05, 3.63) is 0 Å². The Morgan fingerprint density at radius 3 is 2.27 bits per heavy atom. The van der Waals surface area contributed by atoms with Gasteiger partial charge in [-0.15, -0.1) is 0 Å². The van der Waals surface area contributed by atoms with E-state index in [0.29, 0.717) is 13.0 Å². The summed E-state index contributed by atoms with van der Waals surface area (Å²) >= 11 is 0. The standard InChI is InChI=1S/C11H17NO3/c1-4-15-9(14)11(8(13)12(2)3)7-10(11)5-6-10/h4-7H2,1-3H3. The number of carbonyl (C=O) groups excluding carboxylic acids is 2. The van der Waals surface area contributed by atoms with Gasteiger partial charge in [0, 0.05) is 14.1 Å². The van der Waals surface area contributed by atoms with E-state index in [9.17, 15) is 9.59 Å². The minimum Gasteiger partial charge on any atom is -0.465 e. The van der Waals surface area contributed by atoms with Gasteiger partial charge >= 0.3 is 5.97 Å². The Hall–Kier alpha value is -1.06. The molecule has 0 aromatic rings. The molecule has 4 nitrogen and oxygen atoms in total. The van der Waals surface area contributed by atoms with Gasteiger partial charge in [0.15, 0.2) is 5.41 Å². The van der Waals surface area contributed by atoms with Crippen LogP contribution >= 0.6 is 0 Å². The molecule has 0 radical (unpaired) electrons. The predicted molar refractivity (Wildman–Crippen MR) is 54.0 cm³/mol. The highest BCUT2D eigenvalue weighted by molar-refractivity contribution is 6.07. The SMILES string of the molecule is CCOC(=O)C1(C(=O)N(C)C)CC12CC2. The summed E-state index contributed by atoms with van der Waals surface area (Å²) in [6, 6.07) is 0. The van der Waals surface area contributed by atoms with Crippen molar-refractivity contribution in [1.82, 2.24) is 4.90 Å². The molecule has 0 saturated heterocycles. The summed E-state index contributed by atoms with van der Waals surface area (Å²) in [7, 11) is 3.38. The van der Waals surface area contributed by atoms with Gasteiger partial charge in [-0.1, -0.05) is 0 Å². The Labute approximate surface area is 89.6 Å². The fourth-order valence-electron chi connectivity index (χ4n) is 2.53. The molecule has 2 aliphatic rings. The molecule has 1 unspecified atom stereocenters. The minimum atomic E-state index is -0.827. The molecule has 0 aromatic carbocycles. The molecule has 0 N–H and O–H groups in total. The van der Waals surface area contributed by atoms with E-state index >= 15 is 0 Å². The monoisotopic (exact) mass is 211 g/mol. The minimum absolute atomic E-state index is 0.0272. The van der Waals surface area contributed by atoms with Gasteiger partial charge in [-0.2, -0.15) is 0 Å². The Morgan fingerprint density at radius 1 is 1.33 bits per heavy atom. The second-order valence-electron chi connectivity index (χ2n) is 4.78. The molecule has 15 heavy (non-hydrogen) atoms. The molecule has 1 atom stereocenters. The molecule has 84 valence electrons. The smallest absolute Gasteiger partial charge is 0.322 e. The number of hydrogen-bond acceptors (Lipinski definition) is 3. The van der Waals surface area contributed by atoms with Crippen molar-refractivity contribution in [1.29, 1.82) is 0 Å². The molecule has 2 fully saturated rings. The van der Waals surface area contributed by atoms with Crippen LogP contribution in [0.4, 0.5) is 0 Å². The summed E-state index contributed by atoms with van der Waals surface area (Å²) in [6.45, 7) is 2.12. The number of esters is 1. The topological polar surface area (TPSA) is 46.6 Å². The maximum Gasteiger partial charge on any atom is 0.322 e. The molecule has 1 amide bonds. The highest BCUT2D eigenvalue weighted by atomic mass is 16.5. The summed E-state index contributed by atoms with van der Waals surface area (Å²) < 4.78 is 5.03. The number of carbonyl (C=O) groups is 2. The highest BCUT2D eigenvalue weighted by Gasteiger charge is 2.82. The average Bonchev–Trinajstić information content (AvgIpc) is 3.06. The number of amides is 1. The van der Waals surface area contributed by atoms with Crippen LogP contribution < -0.4 is 0 Å². The molecule has 4 heteroatoms. The van der Waals surface area contributed by atoms with Crippen molar-refractivity contribution in [3.63, 3.8) is 0 Å². The van der Waals surface area contributed by atoms with Crippen LogP contribution in [-0.4, -0.2) is 37.5 Å². The first kappa shape index (κ1) is 10.5. The zero-order valence-corrected chi connectivity index (χ0v) is 9.50. The summed E-state index contributed by atoms with van der Waals surface area (Å²) in [5, 5.41) is 0. The molecular weight excluding hydrogens is 194 g/mol. The molecule has 2 aliphatic carbocycles. The van der Waals surface area contributed by atoms with Crippen LogP contribution in [-0.2, 0) is 14.3 Å². The first-order chi connectivity index (χ1) is 7.00. The Balaban J connectivity index is 2.20.